The van der Waals surface area contributed by atoms with Crippen molar-refractivity contribution in [2.24, 2.45) is 11.8 Å². The lowest BCUT2D eigenvalue weighted by Crippen LogP contribution is -2.62. The monoisotopic (exact) mass is 1390 g/mol. The second-order valence-corrected chi connectivity index (χ2v) is 27.9. The first-order chi connectivity index (χ1) is 49.7. The molecule has 4 aliphatic heterocycles. The third-order valence-electron chi connectivity index (χ3n) is 21.5. The molecule has 10 N–H and O–H groups in total. The van der Waals surface area contributed by atoms with E-state index in [1.807, 2.05) is 196 Å². The van der Waals surface area contributed by atoms with Crippen molar-refractivity contribution in [3.8, 4) is 0 Å². The zero-order valence-electron chi connectivity index (χ0n) is 59.8. The summed E-state index contributed by atoms with van der Waals surface area (Å²) >= 11 is 0. The molecule has 542 valence electrons. The average molecular weight is 1390 g/mol. The van der Waals surface area contributed by atoms with Crippen LogP contribution < -0.4 is 53.2 Å². The number of amides is 8. The number of nitrogens with one attached hydrogen (secondary N) is 10. The molecular formula is C82H106N12O8. The molecule has 0 bridgehead atoms. The fourth-order valence-electron chi connectivity index (χ4n) is 15.9. The molecule has 4 saturated heterocycles. The minimum absolute atomic E-state index is 0.235. The molecular weight excluding hydrogens is 1280 g/mol. The maximum absolute atomic E-state index is 15.3. The molecule has 0 radical (unpaired) electrons. The zero-order valence-corrected chi connectivity index (χ0v) is 59.8. The Kier molecular flexibility index (Phi) is 27.6. The lowest BCUT2D eigenvalue weighted by atomic mass is 9.81. The van der Waals surface area contributed by atoms with Crippen molar-refractivity contribution in [1.82, 2.24) is 63.0 Å². The fourth-order valence-corrected chi connectivity index (χ4v) is 15.9. The molecule has 10 rings (SSSR count). The summed E-state index contributed by atoms with van der Waals surface area (Å²) < 4.78 is 0. The number of unbranched alkanes of at least 4 members (excludes halogenated alkanes) is 5. The Morgan fingerprint density at radius 2 is 0.716 bits per heavy atom. The summed E-state index contributed by atoms with van der Waals surface area (Å²) in [5.41, 5.74) is 1.10. The van der Waals surface area contributed by atoms with Crippen molar-refractivity contribution in [2.45, 2.75) is 189 Å². The minimum atomic E-state index is -1.68. The molecule has 6 aromatic carbocycles. The first kappa shape index (κ1) is 75.6. The Balaban J connectivity index is 0.772. The summed E-state index contributed by atoms with van der Waals surface area (Å²) in [4.78, 5) is 123. The molecule has 4 aliphatic rings. The highest BCUT2D eigenvalue weighted by atomic mass is 16.2. The molecule has 4 heterocycles. The van der Waals surface area contributed by atoms with E-state index in [4.69, 9.17) is 0 Å². The summed E-state index contributed by atoms with van der Waals surface area (Å²) in [6.07, 6.45) is 10.3. The van der Waals surface area contributed by atoms with Crippen molar-refractivity contribution in [2.75, 3.05) is 40.3 Å². The van der Waals surface area contributed by atoms with E-state index in [0.717, 1.165) is 36.8 Å². The van der Waals surface area contributed by atoms with Gasteiger partial charge in [0.25, 0.3) is 11.8 Å². The highest BCUT2D eigenvalue weighted by Crippen LogP contribution is 2.39. The molecule has 0 aliphatic carbocycles. The van der Waals surface area contributed by atoms with Crippen LogP contribution >= 0.6 is 0 Å². The van der Waals surface area contributed by atoms with Crippen LogP contribution in [0, 0.1) is 11.8 Å². The maximum Gasteiger partial charge on any atom is 0.255 e. The summed E-state index contributed by atoms with van der Waals surface area (Å²) in [5, 5.41) is 32.5. The third-order valence-corrected chi connectivity index (χ3v) is 21.5. The van der Waals surface area contributed by atoms with Crippen LogP contribution in [0.15, 0.2) is 182 Å². The molecule has 20 nitrogen and oxygen atoms in total. The second kappa shape index (κ2) is 37.2. The van der Waals surface area contributed by atoms with Crippen molar-refractivity contribution < 1.29 is 38.4 Å². The minimum Gasteiger partial charge on any atom is -0.353 e. The Morgan fingerprint density at radius 3 is 1.03 bits per heavy atom. The molecule has 10 atom stereocenters. The molecule has 0 spiro atoms. The largest absolute Gasteiger partial charge is 0.353 e. The van der Waals surface area contributed by atoms with E-state index in [0.29, 0.717) is 139 Å². The van der Waals surface area contributed by atoms with Crippen LogP contribution in [-0.2, 0) is 62.5 Å². The lowest BCUT2D eigenvalue weighted by Gasteiger charge is -2.38. The van der Waals surface area contributed by atoms with E-state index in [-0.39, 0.29) is 47.5 Å². The van der Waals surface area contributed by atoms with Gasteiger partial charge in [-0.15, -0.1) is 0 Å². The van der Waals surface area contributed by atoms with Gasteiger partial charge >= 0.3 is 0 Å². The van der Waals surface area contributed by atoms with Gasteiger partial charge in [-0.3, -0.25) is 38.4 Å². The predicted octanol–water partition coefficient (Wildman–Crippen LogP) is 7.76. The van der Waals surface area contributed by atoms with Crippen molar-refractivity contribution in [1.29, 1.82) is 0 Å². The van der Waals surface area contributed by atoms with Crippen LogP contribution in [-0.4, -0.2) is 146 Å². The van der Waals surface area contributed by atoms with Gasteiger partial charge < -0.3 is 63.0 Å². The van der Waals surface area contributed by atoms with Gasteiger partial charge in [0.2, 0.25) is 35.4 Å². The van der Waals surface area contributed by atoms with E-state index in [2.05, 4.69) is 53.2 Å². The molecule has 6 aromatic rings. The topological polar surface area (TPSA) is 263 Å². The third kappa shape index (κ3) is 18.0. The first-order valence-corrected chi connectivity index (χ1v) is 37.3. The van der Waals surface area contributed by atoms with Crippen LogP contribution in [0.3, 0.4) is 0 Å². The molecule has 8 amide bonds. The summed E-state index contributed by atoms with van der Waals surface area (Å²) in [5.74, 6) is -3.35. The van der Waals surface area contributed by atoms with Gasteiger partial charge in [-0.1, -0.05) is 222 Å². The van der Waals surface area contributed by atoms with Gasteiger partial charge in [-0.2, -0.15) is 0 Å². The number of hydrogen-bond donors (Lipinski definition) is 10. The summed E-state index contributed by atoms with van der Waals surface area (Å²) in [7, 11) is 3.46. The predicted molar refractivity (Wildman–Crippen MR) is 397 cm³/mol. The Hall–Kier alpha value is -9.08. The first-order valence-electron chi connectivity index (χ1n) is 37.3. The van der Waals surface area contributed by atoms with E-state index in [1.54, 1.807) is 23.9 Å². The van der Waals surface area contributed by atoms with E-state index >= 15 is 28.8 Å². The second-order valence-electron chi connectivity index (χ2n) is 27.9. The molecule has 0 aromatic heterocycles. The molecule has 20 heteroatoms. The lowest BCUT2D eigenvalue weighted by molar-refractivity contribution is -0.145. The van der Waals surface area contributed by atoms with Gasteiger partial charge in [-0.05, 0) is 125 Å². The number of benzene rings is 6. The quantitative estimate of drug-likeness (QED) is 0.0171. The van der Waals surface area contributed by atoms with Crippen molar-refractivity contribution in [3.05, 3.63) is 215 Å². The zero-order chi connectivity index (χ0) is 71.9. The van der Waals surface area contributed by atoms with Gasteiger partial charge in [-0.25, -0.2) is 0 Å². The summed E-state index contributed by atoms with van der Waals surface area (Å²) in [6.45, 7) is 6.64. The number of carbonyl (C=O) groups is 8. The fraction of sp³-hybridized carbons (Fsp3) is 0.463. The standard InChI is InChI=1S/C82H106N12O8/c1-5-67(83-3)73(95)89-71-59(55-85-53-57-31-17-11-18-32-57)43-45-65-47-49-69(93(65)77(71)99)75(97)91-81(61-35-21-13-22-36-61,62-37-23-14-24-38-62)79(101)87-51-29-9-7-8-10-30-52-88-80(102)82(63-39-25-15-26-40-63,64-41-27-16-28-42-64)92-76(98)70-50-48-66-46-44-60(56-86-54-58-33-19-12-20-34-58)72(78(100)94(66)70)90-74(96)68(6-2)84-4/h11-28,31-42,59-60,65-72,83-86H,5-10,29-30,43-56H2,1-4H3,(H,87,101)(H,88,102)(H,89,95)(H,90,96)(H,91,97)(H,92,98)/t59-,60-,65+,66+,67+,68+,69+,70+,71+,72+/m1/s1. The molecule has 102 heavy (non-hydrogen) atoms. The Morgan fingerprint density at radius 1 is 0.412 bits per heavy atom. The maximum atomic E-state index is 15.3. The van der Waals surface area contributed by atoms with Gasteiger partial charge in [0.15, 0.2) is 11.1 Å². The van der Waals surface area contributed by atoms with Crippen LogP contribution in [0.1, 0.15) is 150 Å². The highest BCUT2D eigenvalue weighted by molar-refractivity contribution is 6.01. The number of rotatable bonds is 35. The van der Waals surface area contributed by atoms with Gasteiger partial charge in [0, 0.05) is 63.2 Å². The van der Waals surface area contributed by atoms with E-state index in [1.165, 1.54) is 0 Å². The normalized spacial score (nSPS) is 21.1. The van der Waals surface area contributed by atoms with E-state index in [9.17, 15) is 9.59 Å². The summed E-state index contributed by atoms with van der Waals surface area (Å²) in [6, 6.07) is 51.9. The SMILES string of the molecule is CC[C@H](NC)C(=O)N[C@@H]1C(=O)N2[C@@H](CC[C@@H]1CNCc1ccccc1)CC[C@H]2C(=O)NC(C(=O)NCCCCCCCCNC(=O)C(NC(=O)[C@@H]1CC[C@@H]2CC[C@H](CNCc3ccccc3)[C@H](NC(=O)[C@H](CC)NC)C(=O)N21)(c1ccccc1)c1ccccc1)(c1ccccc1)c1ccccc1. The number of nitrogens with zero attached hydrogens (tertiary/aromatic N) is 2. The number of likely N-dealkylation sites (N-methyl/N-ethyl adjacent to an activating group) is 2. The van der Waals surface area contributed by atoms with Gasteiger partial charge in [0.1, 0.15) is 24.2 Å². The van der Waals surface area contributed by atoms with Crippen molar-refractivity contribution in [3.63, 3.8) is 0 Å². The van der Waals surface area contributed by atoms with Crippen LogP contribution in [0.2, 0.25) is 0 Å². The average Bonchev–Trinajstić information content (AvgIpc) is 1.12. The Bertz CT molecular complexity index is 3360. The Labute approximate surface area is 602 Å². The van der Waals surface area contributed by atoms with Crippen LogP contribution in [0.25, 0.3) is 0 Å². The number of fused-ring (bicyclic) bond motifs is 2. The number of hydrogen-bond acceptors (Lipinski definition) is 12. The smallest absolute Gasteiger partial charge is 0.255 e. The van der Waals surface area contributed by atoms with Crippen LogP contribution in [0.5, 0.6) is 0 Å². The van der Waals surface area contributed by atoms with Gasteiger partial charge in [0.05, 0.1) is 12.1 Å². The van der Waals surface area contributed by atoms with E-state index < -0.39 is 71.0 Å². The highest BCUT2D eigenvalue weighted by Gasteiger charge is 2.53. The molecule has 0 saturated carbocycles. The molecule has 0 unspecified atom stereocenters. The van der Waals surface area contributed by atoms with Crippen LogP contribution in [0.4, 0.5) is 0 Å². The molecule has 4 fully saturated rings. The van der Waals surface area contributed by atoms with Crippen molar-refractivity contribution >= 4 is 47.3 Å². The number of carbonyl (C=O) groups excluding carboxylic acids is 8.